The summed E-state index contributed by atoms with van der Waals surface area (Å²) in [5.41, 5.74) is 0. The van der Waals surface area contributed by atoms with Crippen molar-refractivity contribution >= 4 is 34.8 Å². The van der Waals surface area contributed by atoms with Crippen LogP contribution in [0.15, 0.2) is 34.9 Å². The maximum Gasteiger partial charge on any atom is 0.238 e. The molecule has 7 nitrogen and oxygen atoms in total. The molecule has 3 rings (SSSR count). The Bertz CT molecular complexity index is 852. The Morgan fingerprint density at radius 1 is 1.28 bits per heavy atom. The van der Waals surface area contributed by atoms with Crippen molar-refractivity contribution in [3.63, 3.8) is 0 Å². The second-order valence-electron chi connectivity index (χ2n) is 5.85. The van der Waals surface area contributed by atoms with Crippen molar-refractivity contribution in [2.45, 2.75) is 37.2 Å². The van der Waals surface area contributed by atoms with Gasteiger partial charge in [0.05, 0.1) is 16.3 Å². The van der Waals surface area contributed by atoms with Gasteiger partial charge in [0.25, 0.3) is 0 Å². The second kappa shape index (κ2) is 7.40. The number of aromatic nitrogens is 5. The van der Waals surface area contributed by atoms with Crippen molar-refractivity contribution in [2.24, 2.45) is 7.05 Å². The first-order valence-corrected chi connectivity index (χ1v) is 9.67. The number of thioether (sulfide) groups is 1. The third-order valence-electron chi connectivity index (χ3n) is 3.64. The molecular weight excluding hydrogens is 356 g/mol. The summed E-state index contributed by atoms with van der Waals surface area (Å²) in [5.74, 6) is 1.42. The largest absolute Gasteiger partial charge is 0.310 e. The highest BCUT2D eigenvalue weighted by atomic mass is 32.2. The topological polar surface area (TPSA) is 77.6 Å². The van der Waals surface area contributed by atoms with E-state index in [0.29, 0.717) is 11.0 Å². The zero-order chi connectivity index (χ0) is 18.0. The fraction of sp³-hybridized carbons (Fsp3) is 0.375. The number of thiophene rings is 1. The van der Waals surface area contributed by atoms with Crippen LogP contribution >= 0.6 is 23.1 Å². The molecule has 1 N–H and O–H groups in total. The van der Waals surface area contributed by atoms with E-state index in [2.05, 4.69) is 20.6 Å². The van der Waals surface area contributed by atoms with Crippen LogP contribution in [0.5, 0.6) is 0 Å². The van der Waals surface area contributed by atoms with Crippen LogP contribution in [0.1, 0.15) is 26.8 Å². The Hall–Kier alpha value is -2.13. The molecule has 3 aromatic heterocycles. The maximum absolute atomic E-state index is 12.5. The molecule has 3 aromatic rings. The highest BCUT2D eigenvalue weighted by Gasteiger charge is 2.21. The molecule has 0 aliphatic heterocycles. The number of nitrogens with zero attached hydrogens (tertiary/aromatic N) is 5. The van der Waals surface area contributed by atoms with Gasteiger partial charge in [-0.15, -0.1) is 21.5 Å². The third-order valence-corrected chi connectivity index (χ3v) is 5.64. The molecule has 3 heterocycles. The fourth-order valence-electron chi connectivity index (χ4n) is 2.30. The van der Waals surface area contributed by atoms with E-state index in [0.717, 1.165) is 10.7 Å². The minimum atomic E-state index is -0.311. The molecule has 1 unspecified atom stereocenters. The molecule has 0 spiro atoms. The molecule has 0 fully saturated rings. The van der Waals surface area contributed by atoms with E-state index in [-0.39, 0.29) is 17.2 Å². The summed E-state index contributed by atoms with van der Waals surface area (Å²) in [6.07, 6.45) is 1.68. The molecule has 0 bridgehead atoms. The predicted octanol–water partition coefficient (Wildman–Crippen LogP) is 3.44. The summed E-state index contributed by atoms with van der Waals surface area (Å²) in [5, 5.41) is 18.0. The molecule has 0 aliphatic rings. The monoisotopic (exact) mass is 376 g/mol. The normalized spacial score (nSPS) is 12.5. The van der Waals surface area contributed by atoms with Gasteiger partial charge in [-0.25, -0.2) is 4.68 Å². The number of rotatable bonds is 6. The van der Waals surface area contributed by atoms with Gasteiger partial charge in [0.2, 0.25) is 5.91 Å². The van der Waals surface area contributed by atoms with Gasteiger partial charge in [-0.05, 0) is 32.2 Å². The van der Waals surface area contributed by atoms with E-state index in [1.54, 1.807) is 28.3 Å². The summed E-state index contributed by atoms with van der Waals surface area (Å²) in [7, 11) is 1.91. The number of hydrogen-bond donors (Lipinski definition) is 1. The van der Waals surface area contributed by atoms with Crippen molar-refractivity contribution in [1.82, 2.24) is 24.5 Å². The van der Waals surface area contributed by atoms with Crippen molar-refractivity contribution in [3.05, 3.63) is 29.8 Å². The highest BCUT2D eigenvalue weighted by molar-refractivity contribution is 8.00. The van der Waals surface area contributed by atoms with Gasteiger partial charge in [-0.3, -0.25) is 4.79 Å². The second-order valence-corrected chi connectivity index (χ2v) is 8.10. The van der Waals surface area contributed by atoms with Gasteiger partial charge in [0.15, 0.2) is 11.0 Å². The summed E-state index contributed by atoms with van der Waals surface area (Å²) >= 11 is 3.00. The number of carbonyl (C=O) groups is 1. The zero-order valence-corrected chi connectivity index (χ0v) is 16.1. The van der Waals surface area contributed by atoms with Gasteiger partial charge in [0.1, 0.15) is 5.82 Å². The highest BCUT2D eigenvalue weighted by Crippen LogP contribution is 2.28. The lowest BCUT2D eigenvalue weighted by Gasteiger charge is -2.14. The molecule has 0 aliphatic carbocycles. The number of carbonyl (C=O) groups excluding carboxylic acids is 1. The first-order valence-electron chi connectivity index (χ1n) is 7.91. The molecule has 0 radical (unpaired) electrons. The van der Waals surface area contributed by atoms with Gasteiger partial charge in [-0.1, -0.05) is 17.8 Å². The molecule has 0 saturated heterocycles. The zero-order valence-electron chi connectivity index (χ0n) is 14.5. The van der Waals surface area contributed by atoms with Crippen LogP contribution in [0.3, 0.4) is 0 Å². The van der Waals surface area contributed by atoms with Crippen molar-refractivity contribution in [3.8, 4) is 10.7 Å². The number of amides is 1. The first-order chi connectivity index (χ1) is 12.0. The van der Waals surface area contributed by atoms with Crippen LogP contribution in [-0.2, 0) is 11.8 Å². The van der Waals surface area contributed by atoms with E-state index < -0.39 is 0 Å². The van der Waals surface area contributed by atoms with Crippen molar-refractivity contribution in [1.29, 1.82) is 0 Å². The van der Waals surface area contributed by atoms with Crippen LogP contribution in [0.4, 0.5) is 5.82 Å². The smallest absolute Gasteiger partial charge is 0.238 e. The summed E-state index contributed by atoms with van der Waals surface area (Å²) in [4.78, 5) is 13.6. The average molecular weight is 377 g/mol. The molecule has 1 amide bonds. The molecule has 0 saturated carbocycles. The Balaban J connectivity index is 1.69. The summed E-state index contributed by atoms with van der Waals surface area (Å²) < 4.78 is 3.70. The lowest BCUT2D eigenvalue weighted by Crippen LogP contribution is -2.25. The van der Waals surface area contributed by atoms with E-state index in [1.165, 1.54) is 11.8 Å². The molecule has 0 aromatic carbocycles. The summed E-state index contributed by atoms with van der Waals surface area (Å²) in [6, 6.07) is 5.97. The van der Waals surface area contributed by atoms with Gasteiger partial charge >= 0.3 is 0 Å². The Morgan fingerprint density at radius 2 is 2.08 bits per heavy atom. The fourth-order valence-corrected chi connectivity index (χ4v) is 3.86. The minimum absolute atomic E-state index is 0.0897. The van der Waals surface area contributed by atoms with E-state index in [1.807, 2.05) is 49.9 Å². The number of nitrogens with one attached hydrogen (secondary N) is 1. The van der Waals surface area contributed by atoms with Crippen molar-refractivity contribution < 1.29 is 4.79 Å². The SMILES string of the molecule is CC(Sc1nnc(-c2cccs2)n1C)C(=O)Nc1ccnn1C(C)C. The third kappa shape index (κ3) is 3.77. The van der Waals surface area contributed by atoms with Gasteiger partial charge in [0, 0.05) is 19.2 Å². The predicted molar refractivity (Wildman–Crippen MR) is 101 cm³/mol. The standard InChI is InChI=1S/C16H20N6OS2/c1-10(2)22-13(7-8-17-22)18-15(23)11(3)25-16-20-19-14(21(16)4)12-6-5-9-24-12/h5-11H,1-4H3,(H,18,23). The van der Waals surface area contributed by atoms with E-state index in [4.69, 9.17) is 0 Å². The number of anilines is 1. The van der Waals surface area contributed by atoms with Crippen LogP contribution in [0.25, 0.3) is 10.7 Å². The maximum atomic E-state index is 12.5. The molecule has 132 valence electrons. The van der Waals surface area contributed by atoms with Crippen molar-refractivity contribution in [2.75, 3.05) is 5.32 Å². The Morgan fingerprint density at radius 3 is 2.76 bits per heavy atom. The average Bonchev–Trinajstić information content (AvgIpc) is 3.29. The van der Waals surface area contributed by atoms with Gasteiger partial charge < -0.3 is 9.88 Å². The molecular formula is C16H20N6OS2. The van der Waals surface area contributed by atoms with Crippen LogP contribution in [0, 0.1) is 0 Å². The Labute approximate surface area is 154 Å². The van der Waals surface area contributed by atoms with Crippen LogP contribution in [-0.4, -0.2) is 35.7 Å². The molecule has 9 heteroatoms. The Kier molecular flexibility index (Phi) is 5.24. The van der Waals surface area contributed by atoms with E-state index >= 15 is 0 Å². The molecule has 25 heavy (non-hydrogen) atoms. The summed E-state index contributed by atoms with van der Waals surface area (Å²) in [6.45, 7) is 5.90. The minimum Gasteiger partial charge on any atom is -0.310 e. The first kappa shape index (κ1) is 17.7. The van der Waals surface area contributed by atoms with Crippen LogP contribution in [0.2, 0.25) is 0 Å². The lowest BCUT2D eigenvalue weighted by molar-refractivity contribution is -0.115. The number of hydrogen-bond acceptors (Lipinski definition) is 6. The van der Waals surface area contributed by atoms with Gasteiger partial charge in [-0.2, -0.15) is 5.10 Å². The quantitative estimate of drug-likeness (QED) is 0.667. The molecule has 1 atom stereocenters. The van der Waals surface area contributed by atoms with E-state index in [9.17, 15) is 4.79 Å². The van der Waals surface area contributed by atoms with Crippen LogP contribution < -0.4 is 5.32 Å². The lowest BCUT2D eigenvalue weighted by atomic mass is 10.4.